The SMILES string of the molecule is COCCNc1cc(Nc2ccc(C(=O)N3CCC(N4CCOCC4)CC3)c3c2OCCO3)nc2[nH]cc(C(F)(F)F)c12. The number of carbonyl (C=O) groups is 1. The fraction of sp³-hybridized carbons (Fsp3) is 0.517. The van der Waals surface area contributed by atoms with E-state index in [1.54, 1.807) is 12.1 Å². The van der Waals surface area contributed by atoms with Crippen LogP contribution in [0.25, 0.3) is 11.0 Å². The van der Waals surface area contributed by atoms with E-state index in [-0.39, 0.29) is 41.7 Å². The van der Waals surface area contributed by atoms with E-state index in [9.17, 15) is 18.0 Å². The van der Waals surface area contributed by atoms with Crippen molar-refractivity contribution in [3.05, 3.63) is 35.5 Å². The third-order valence-corrected chi connectivity index (χ3v) is 8.06. The summed E-state index contributed by atoms with van der Waals surface area (Å²) in [6, 6.07) is 5.35. The van der Waals surface area contributed by atoms with Crippen LogP contribution >= 0.6 is 0 Å². The average Bonchev–Trinajstić information content (AvgIpc) is 3.47. The molecule has 1 amide bonds. The monoisotopic (exact) mass is 604 g/mol. The predicted octanol–water partition coefficient (Wildman–Crippen LogP) is 4.09. The molecule has 3 aliphatic rings. The summed E-state index contributed by atoms with van der Waals surface area (Å²) in [6.45, 7) is 5.81. The number of likely N-dealkylation sites (tertiary alicyclic amines) is 1. The van der Waals surface area contributed by atoms with Crippen LogP contribution in [0.1, 0.15) is 28.8 Å². The van der Waals surface area contributed by atoms with Crippen LogP contribution in [-0.2, 0) is 15.7 Å². The van der Waals surface area contributed by atoms with Crippen molar-refractivity contribution in [2.24, 2.45) is 0 Å². The van der Waals surface area contributed by atoms with Crippen LogP contribution in [0, 0.1) is 0 Å². The van der Waals surface area contributed by atoms with Crippen LogP contribution in [0.3, 0.4) is 0 Å². The van der Waals surface area contributed by atoms with Gasteiger partial charge >= 0.3 is 6.18 Å². The molecule has 3 N–H and O–H groups in total. The number of rotatable bonds is 8. The number of H-pyrrole nitrogens is 1. The second kappa shape index (κ2) is 12.5. The van der Waals surface area contributed by atoms with Gasteiger partial charge in [0, 0.05) is 63.8 Å². The number of benzene rings is 1. The molecule has 43 heavy (non-hydrogen) atoms. The second-order valence-electron chi connectivity index (χ2n) is 10.7. The molecule has 0 spiro atoms. The summed E-state index contributed by atoms with van der Waals surface area (Å²) >= 11 is 0. The molecule has 5 heterocycles. The zero-order valence-corrected chi connectivity index (χ0v) is 23.9. The number of ether oxygens (including phenoxy) is 4. The average molecular weight is 605 g/mol. The first kappa shape index (κ1) is 29.3. The maximum Gasteiger partial charge on any atom is 0.418 e. The molecular formula is C29H35F3N6O5. The number of pyridine rings is 1. The maximum atomic E-state index is 13.7. The topological polar surface area (TPSA) is 113 Å². The van der Waals surface area contributed by atoms with Gasteiger partial charge in [-0.1, -0.05) is 0 Å². The third kappa shape index (κ3) is 6.17. The highest BCUT2D eigenvalue weighted by Crippen LogP contribution is 2.44. The summed E-state index contributed by atoms with van der Waals surface area (Å²) in [7, 11) is 1.52. The van der Waals surface area contributed by atoms with Crippen LogP contribution in [-0.4, -0.2) is 105 Å². The van der Waals surface area contributed by atoms with E-state index in [0.29, 0.717) is 55.0 Å². The second-order valence-corrected chi connectivity index (χ2v) is 10.7. The molecule has 2 aromatic heterocycles. The molecule has 11 nitrogen and oxygen atoms in total. The van der Waals surface area contributed by atoms with Gasteiger partial charge in [0.2, 0.25) is 0 Å². The standard InChI is InChI=1S/C29H35F3N6O5/c1-40-11-6-33-22-16-23(36-27-24(22)20(17-34-27)29(30,31)32)35-21-3-2-19(25-26(21)43-15-14-42-25)28(39)38-7-4-18(5-8-38)37-9-12-41-13-10-37/h2-3,16-18H,4-15H2,1H3,(H3,33,34,35,36). The summed E-state index contributed by atoms with van der Waals surface area (Å²) in [5.74, 6) is 0.862. The summed E-state index contributed by atoms with van der Waals surface area (Å²) in [6.07, 6.45) is -1.86. The summed E-state index contributed by atoms with van der Waals surface area (Å²) in [4.78, 5) is 25.0. The number of carbonyl (C=O) groups excluding carboxylic acids is 1. The summed E-state index contributed by atoms with van der Waals surface area (Å²) < 4.78 is 63.6. The Kier molecular flexibility index (Phi) is 8.50. The highest BCUT2D eigenvalue weighted by molar-refractivity contribution is 6.00. The van der Waals surface area contributed by atoms with Crippen molar-refractivity contribution in [2.45, 2.75) is 25.1 Å². The molecule has 0 radical (unpaired) electrons. The van der Waals surface area contributed by atoms with Gasteiger partial charge in [0.25, 0.3) is 5.91 Å². The van der Waals surface area contributed by atoms with Crippen LogP contribution in [0.5, 0.6) is 11.5 Å². The molecule has 3 aliphatic heterocycles. The van der Waals surface area contributed by atoms with Gasteiger partial charge in [-0.25, -0.2) is 4.98 Å². The quantitative estimate of drug-likeness (QED) is 0.327. The first-order valence-electron chi connectivity index (χ1n) is 14.5. The number of hydrogen-bond acceptors (Lipinski definition) is 9. The zero-order valence-electron chi connectivity index (χ0n) is 23.9. The van der Waals surface area contributed by atoms with E-state index in [4.69, 9.17) is 18.9 Å². The molecule has 0 saturated carbocycles. The van der Waals surface area contributed by atoms with Crippen molar-refractivity contribution in [1.29, 1.82) is 0 Å². The minimum absolute atomic E-state index is 0.0610. The lowest BCUT2D eigenvalue weighted by Gasteiger charge is -2.40. The first-order valence-corrected chi connectivity index (χ1v) is 14.5. The molecular weight excluding hydrogens is 569 g/mol. The number of anilines is 3. The molecule has 232 valence electrons. The number of halogens is 3. The lowest BCUT2D eigenvalue weighted by molar-refractivity contribution is -0.136. The number of nitrogens with one attached hydrogen (secondary N) is 3. The Morgan fingerprint density at radius 1 is 1.07 bits per heavy atom. The van der Waals surface area contributed by atoms with Crippen LogP contribution in [0.15, 0.2) is 24.4 Å². The van der Waals surface area contributed by atoms with Crippen molar-refractivity contribution in [2.75, 3.05) is 83.5 Å². The number of amides is 1. The van der Waals surface area contributed by atoms with Gasteiger partial charge in [0.1, 0.15) is 24.7 Å². The Morgan fingerprint density at radius 3 is 2.53 bits per heavy atom. The molecule has 0 unspecified atom stereocenters. The highest BCUT2D eigenvalue weighted by atomic mass is 19.4. The van der Waals surface area contributed by atoms with Gasteiger partial charge in [0.05, 0.1) is 42.0 Å². The molecule has 3 aromatic rings. The fourth-order valence-electron chi connectivity index (χ4n) is 5.94. The summed E-state index contributed by atoms with van der Waals surface area (Å²) in [5.41, 5.74) is 0.392. The Hall–Kier alpha value is -3.75. The lowest BCUT2D eigenvalue weighted by Crippen LogP contribution is -2.50. The van der Waals surface area contributed by atoms with E-state index in [0.717, 1.165) is 45.3 Å². The van der Waals surface area contributed by atoms with E-state index >= 15 is 0 Å². The number of aromatic amines is 1. The van der Waals surface area contributed by atoms with Crippen LogP contribution < -0.4 is 20.1 Å². The zero-order chi connectivity index (χ0) is 30.0. The van der Waals surface area contributed by atoms with Gasteiger partial charge in [0.15, 0.2) is 11.5 Å². The molecule has 6 rings (SSSR count). The third-order valence-electron chi connectivity index (χ3n) is 8.06. The molecule has 0 aliphatic carbocycles. The van der Waals surface area contributed by atoms with Crippen molar-refractivity contribution in [1.82, 2.24) is 19.8 Å². The van der Waals surface area contributed by atoms with Gasteiger partial charge in [-0.3, -0.25) is 9.69 Å². The predicted molar refractivity (Wildman–Crippen MR) is 153 cm³/mol. The number of fused-ring (bicyclic) bond motifs is 2. The number of alkyl halides is 3. The number of piperidine rings is 1. The van der Waals surface area contributed by atoms with Crippen LogP contribution in [0.2, 0.25) is 0 Å². The van der Waals surface area contributed by atoms with Gasteiger partial charge < -0.3 is 39.5 Å². The molecule has 0 atom stereocenters. The Morgan fingerprint density at radius 2 is 1.81 bits per heavy atom. The van der Waals surface area contributed by atoms with Crippen molar-refractivity contribution >= 4 is 34.1 Å². The molecule has 0 bridgehead atoms. The largest absolute Gasteiger partial charge is 0.485 e. The minimum atomic E-state index is -4.56. The van der Waals surface area contributed by atoms with Crippen LogP contribution in [0.4, 0.5) is 30.4 Å². The Balaban J connectivity index is 1.24. The van der Waals surface area contributed by atoms with Gasteiger partial charge in [-0.2, -0.15) is 13.2 Å². The molecule has 14 heteroatoms. The molecule has 1 aromatic carbocycles. The molecule has 2 fully saturated rings. The number of hydrogen-bond donors (Lipinski definition) is 3. The molecule has 2 saturated heterocycles. The van der Waals surface area contributed by atoms with E-state index in [2.05, 4.69) is 25.5 Å². The van der Waals surface area contributed by atoms with Gasteiger partial charge in [-0.15, -0.1) is 0 Å². The van der Waals surface area contributed by atoms with Crippen molar-refractivity contribution in [3.8, 4) is 11.5 Å². The minimum Gasteiger partial charge on any atom is -0.485 e. The number of nitrogens with zero attached hydrogens (tertiary/aromatic N) is 3. The van der Waals surface area contributed by atoms with E-state index in [1.165, 1.54) is 13.2 Å². The highest BCUT2D eigenvalue weighted by Gasteiger charge is 2.36. The number of morpholine rings is 1. The normalized spacial score (nSPS) is 18.2. The van der Waals surface area contributed by atoms with E-state index in [1.807, 2.05) is 4.90 Å². The number of aromatic nitrogens is 2. The first-order chi connectivity index (χ1) is 20.8. The van der Waals surface area contributed by atoms with Crippen molar-refractivity contribution < 1.29 is 36.9 Å². The number of methoxy groups -OCH3 is 1. The maximum absolute atomic E-state index is 13.7. The van der Waals surface area contributed by atoms with Crippen molar-refractivity contribution in [3.63, 3.8) is 0 Å². The Bertz CT molecular complexity index is 1450. The Labute approximate surface area is 246 Å². The summed E-state index contributed by atoms with van der Waals surface area (Å²) in [5, 5.41) is 6.12. The van der Waals surface area contributed by atoms with Gasteiger partial charge in [-0.05, 0) is 25.0 Å². The fourth-order valence-corrected chi connectivity index (χ4v) is 5.94. The smallest absolute Gasteiger partial charge is 0.418 e. The lowest BCUT2D eigenvalue weighted by atomic mass is 10.0. The van der Waals surface area contributed by atoms with E-state index < -0.39 is 11.7 Å².